The van der Waals surface area contributed by atoms with E-state index < -0.39 is 0 Å². The SMILES string of the molecule is O=Cc1c2c(cc3[nH]ccc13)CCO2. The average Bonchev–Trinajstić information content (AvgIpc) is 2.80. The standard InChI is InChI=1S/C11H9NO2/c13-6-9-8-1-3-12-10(8)5-7-2-4-14-11(7)9/h1,3,5-6,12H,2,4H2. The van der Waals surface area contributed by atoms with Gasteiger partial charge in [0, 0.05) is 29.1 Å². The van der Waals surface area contributed by atoms with E-state index in [1.807, 2.05) is 12.3 Å². The Morgan fingerprint density at radius 3 is 3.29 bits per heavy atom. The number of carbonyl (C=O) groups excluding carboxylic acids is 1. The number of ether oxygens (including phenoxy) is 1. The van der Waals surface area contributed by atoms with Gasteiger partial charge in [-0.3, -0.25) is 4.79 Å². The molecule has 1 aliphatic heterocycles. The zero-order valence-corrected chi connectivity index (χ0v) is 7.54. The minimum absolute atomic E-state index is 0.677. The highest BCUT2D eigenvalue weighted by Gasteiger charge is 2.19. The van der Waals surface area contributed by atoms with E-state index in [2.05, 4.69) is 11.1 Å². The number of aromatic nitrogens is 1. The predicted octanol–water partition coefficient (Wildman–Crippen LogP) is 1.92. The molecule has 0 amide bonds. The Balaban J connectivity index is 2.46. The molecule has 0 radical (unpaired) electrons. The number of H-pyrrole nitrogens is 1. The number of rotatable bonds is 1. The maximum Gasteiger partial charge on any atom is 0.154 e. The van der Waals surface area contributed by atoms with Crippen LogP contribution in [0.25, 0.3) is 10.9 Å². The zero-order chi connectivity index (χ0) is 9.54. The van der Waals surface area contributed by atoms with Crippen LogP contribution in [0.3, 0.4) is 0 Å². The van der Waals surface area contributed by atoms with Crippen LogP contribution in [0.4, 0.5) is 0 Å². The lowest BCUT2D eigenvalue weighted by molar-refractivity contribution is 0.112. The molecule has 0 saturated carbocycles. The molecule has 0 bridgehead atoms. The van der Waals surface area contributed by atoms with Crippen molar-refractivity contribution in [2.75, 3.05) is 6.61 Å². The van der Waals surface area contributed by atoms with Crippen molar-refractivity contribution >= 4 is 17.2 Å². The van der Waals surface area contributed by atoms with Gasteiger partial charge < -0.3 is 9.72 Å². The number of carbonyl (C=O) groups is 1. The van der Waals surface area contributed by atoms with Gasteiger partial charge in [-0.2, -0.15) is 0 Å². The van der Waals surface area contributed by atoms with Gasteiger partial charge in [0.25, 0.3) is 0 Å². The van der Waals surface area contributed by atoms with Gasteiger partial charge in [-0.1, -0.05) is 0 Å². The summed E-state index contributed by atoms with van der Waals surface area (Å²) in [5.74, 6) is 0.770. The van der Waals surface area contributed by atoms with Crippen LogP contribution in [0, 0.1) is 0 Å². The predicted molar refractivity (Wildman–Crippen MR) is 52.9 cm³/mol. The first-order valence-electron chi connectivity index (χ1n) is 4.61. The molecule has 0 unspecified atom stereocenters. The van der Waals surface area contributed by atoms with E-state index in [9.17, 15) is 4.79 Å². The number of hydrogen-bond acceptors (Lipinski definition) is 2. The van der Waals surface area contributed by atoms with Crippen LogP contribution in [-0.4, -0.2) is 17.9 Å². The number of nitrogens with one attached hydrogen (secondary N) is 1. The summed E-state index contributed by atoms with van der Waals surface area (Å²) in [7, 11) is 0. The van der Waals surface area contributed by atoms with Gasteiger partial charge in [0.1, 0.15) is 5.75 Å². The normalized spacial score (nSPS) is 14.0. The maximum absolute atomic E-state index is 11.0. The Bertz CT molecular complexity index is 513. The van der Waals surface area contributed by atoms with E-state index in [4.69, 9.17) is 4.74 Å². The lowest BCUT2D eigenvalue weighted by atomic mass is 10.0. The molecule has 3 nitrogen and oxygen atoms in total. The second kappa shape index (κ2) is 2.61. The molecule has 1 N–H and O–H groups in total. The molecule has 3 rings (SSSR count). The van der Waals surface area contributed by atoms with Crippen molar-refractivity contribution in [2.45, 2.75) is 6.42 Å². The van der Waals surface area contributed by atoms with Crippen LogP contribution in [0.5, 0.6) is 5.75 Å². The number of aldehydes is 1. The third kappa shape index (κ3) is 0.839. The highest BCUT2D eigenvalue weighted by atomic mass is 16.5. The fourth-order valence-corrected chi connectivity index (χ4v) is 2.01. The Morgan fingerprint density at radius 2 is 2.43 bits per heavy atom. The van der Waals surface area contributed by atoms with Gasteiger partial charge >= 0.3 is 0 Å². The van der Waals surface area contributed by atoms with E-state index in [0.29, 0.717) is 12.2 Å². The van der Waals surface area contributed by atoms with Crippen LogP contribution in [0.15, 0.2) is 18.3 Å². The molecule has 0 aliphatic carbocycles. The molecule has 2 aromatic rings. The highest BCUT2D eigenvalue weighted by Crippen LogP contribution is 2.34. The van der Waals surface area contributed by atoms with Gasteiger partial charge in [0.2, 0.25) is 0 Å². The summed E-state index contributed by atoms with van der Waals surface area (Å²) in [6, 6.07) is 3.96. The Kier molecular flexibility index (Phi) is 1.42. The first kappa shape index (κ1) is 7.62. The van der Waals surface area contributed by atoms with Crippen molar-refractivity contribution < 1.29 is 9.53 Å². The van der Waals surface area contributed by atoms with Gasteiger partial charge in [0.15, 0.2) is 6.29 Å². The number of benzene rings is 1. The first-order valence-corrected chi connectivity index (χ1v) is 4.61. The lowest BCUT2D eigenvalue weighted by Crippen LogP contribution is -1.90. The van der Waals surface area contributed by atoms with Crippen molar-refractivity contribution in [1.82, 2.24) is 4.98 Å². The van der Waals surface area contributed by atoms with E-state index in [0.717, 1.165) is 34.9 Å². The summed E-state index contributed by atoms with van der Waals surface area (Å²) in [6.07, 6.45) is 3.61. The fraction of sp³-hybridized carbons (Fsp3) is 0.182. The van der Waals surface area contributed by atoms with Crippen molar-refractivity contribution in [2.24, 2.45) is 0 Å². The second-order valence-electron chi connectivity index (χ2n) is 3.43. The minimum atomic E-state index is 0.677. The van der Waals surface area contributed by atoms with Gasteiger partial charge in [-0.25, -0.2) is 0 Å². The van der Waals surface area contributed by atoms with Crippen LogP contribution in [0.2, 0.25) is 0 Å². The fourth-order valence-electron chi connectivity index (χ4n) is 2.01. The molecule has 1 aromatic carbocycles. The lowest BCUT2D eigenvalue weighted by Gasteiger charge is -2.03. The number of fused-ring (bicyclic) bond motifs is 2. The molecule has 0 atom stereocenters. The van der Waals surface area contributed by atoms with E-state index in [-0.39, 0.29) is 0 Å². The molecule has 1 aliphatic rings. The molecule has 70 valence electrons. The quantitative estimate of drug-likeness (QED) is 0.693. The smallest absolute Gasteiger partial charge is 0.154 e. The second-order valence-corrected chi connectivity index (χ2v) is 3.43. The van der Waals surface area contributed by atoms with Gasteiger partial charge in [0.05, 0.1) is 12.2 Å². The minimum Gasteiger partial charge on any atom is -0.492 e. The van der Waals surface area contributed by atoms with Gasteiger partial charge in [-0.15, -0.1) is 0 Å². The van der Waals surface area contributed by atoms with Crippen molar-refractivity contribution in [3.8, 4) is 5.75 Å². The topological polar surface area (TPSA) is 42.1 Å². The summed E-state index contributed by atoms with van der Waals surface area (Å²) in [5, 5.41) is 0.945. The molecule has 14 heavy (non-hydrogen) atoms. The van der Waals surface area contributed by atoms with Crippen LogP contribution in [-0.2, 0) is 6.42 Å². The molecule has 0 saturated heterocycles. The largest absolute Gasteiger partial charge is 0.492 e. The third-order valence-electron chi connectivity index (χ3n) is 2.66. The van der Waals surface area contributed by atoms with E-state index >= 15 is 0 Å². The van der Waals surface area contributed by atoms with Crippen LogP contribution < -0.4 is 4.74 Å². The molecule has 0 spiro atoms. The van der Waals surface area contributed by atoms with Gasteiger partial charge in [-0.05, 0) is 12.1 Å². The molecular formula is C11H9NO2. The molecular weight excluding hydrogens is 178 g/mol. The molecule has 1 aromatic heterocycles. The van der Waals surface area contributed by atoms with Crippen molar-refractivity contribution in [3.05, 3.63) is 29.5 Å². The maximum atomic E-state index is 11.0. The molecule has 2 heterocycles. The Morgan fingerprint density at radius 1 is 1.50 bits per heavy atom. The average molecular weight is 187 g/mol. The zero-order valence-electron chi connectivity index (χ0n) is 7.54. The molecule has 3 heteroatoms. The number of hydrogen-bond donors (Lipinski definition) is 1. The van der Waals surface area contributed by atoms with Crippen LogP contribution >= 0.6 is 0 Å². The summed E-state index contributed by atoms with van der Waals surface area (Å²) in [5.41, 5.74) is 2.81. The Hall–Kier alpha value is -1.77. The number of aromatic amines is 1. The van der Waals surface area contributed by atoms with Crippen molar-refractivity contribution in [3.63, 3.8) is 0 Å². The third-order valence-corrected chi connectivity index (χ3v) is 2.66. The summed E-state index contributed by atoms with van der Waals surface area (Å²) in [4.78, 5) is 14.1. The molecule has 0 fully saturated rings. The first-order chi connectivity index (χ1) is 6.90. The summed E-state index contributed by atoms with van der Waals surface area (Å²) in [6.45, 7) is 0.683. The van der Waals surface area contributed by atoms with Crippen LogP contribution in [0.1, 0.15) is 15.9 Å². The summed E-state index contributed by atoms with van der Waals surface area (Å²) >= 11 is 0. The van der Waals surface area contributed by atoms with E-state index in [1.54, 1.807) is 0 Å². The highest BCUT2D eigenvalue weighted by molar-refractivity contribution is 6.00. The van der Waals surface area contributed by atoms with E-state index in [1.165, 1.54) is 0 Å². The summed E-state index contributed by atoms with van der Waals surface area (Å²) < 4.78 is 5.45. The monoisotopic (exact) mass is 187 g/mol. The Labute approximate surface area is 80.7 Å². The van der Waals surface area contributed by atoms with Crippen molar-refractivity contribution in [1.29, 1.82) is 0 Å².